The average Bonchev–Trinajstić information content (AvgIpc) is 2.97. The zero-order valence-corrected chi connectivity index (χ0v) is 17.9. The smallest absolute Gasteiger partial charge is 0.480 e. The first-order valence-electron chi connectivity index (χ1n) is 8.67. The van der Waals surface area contributed by atoms with E-state index in [-0.39, 0.29) is 31.5 Å². The number of rotatable bonds is 5. The Balaban J connectivity index is 2.21. The summed E-state index contributed by atoms with van der Waals surface area (Å²) >= 11 is 12.7. The molecule has 3 rings (SSSR count). The maximum absolute atomic E-state index is 12.7. The maximum atomic E-state index is 12.7. The Hall–Kier alpha value is -2.56. The van der Waals surface area contributed by atoms with E-state index >= 15 is 0 Å². The number of alkyl halides is 3. The second-order valence-corrected chi connectivity index (χ2v) is 8.15. The van der Waals surface area contributed by atoms with E-state index in [1.807, 2.05) is 0 Å². The van der Waals surface area contributed by atoms with E-state index in [2.05, 4.69) is 9.73 Å². The molecule has 1 unspecified atom stereocenters. The van der Waals surface area contributed by atoms with Gasteiger partial charge in [0.05, 0.1) is 10.2 Å². The molecular formula is C19H13Cl2F3N2O4S. The zero-order valence-electron chi connectivity index (χ0n) is 15.6. The predicted octanol–water partition coefficient (Wildman–Crippen LogP) is 5.69. The molecule has 0 saturated heterocycles. The Morgan fingerprint density at radius 2 is 1.84 bits per heavy atom. The molecule has 3 aromatic rings. The predicted molar refractivity (Wildman–Crippen MR) is 110 cm³/mol. The van der Waals surface area contributed by atoms with Gasteiger partial charge in [-0.25, -0.2) is 4.79 Å². The Kier molecular flexibility index (Phi) is 6.63. The largest absolute Gasteiger partial charge is 0.573 e. The fourth-order valence-electron chi connectivity index (χ4n) is 2.90. The number of ether oxygens (including phenoxy) is 1. The van der Waals surface area contributed by atoms with Crippen molar-refractivity contribution < 1.29 is 32.6 Å². The van der Waals surface area contributed by atoms with Crippen molar-refractivity contribution in [3.05, 3.63) is 56.8 Å². The lowest BCUT2D eigenvalue weighted by Crippen LogP contribution is -2.27. The number of benzene rings is 2. The van der Waals surface area contributed by atoms with Crippen LogP contribution in [-0.2, 0) is 4.79 Å². The fraction of sp³-hybridized carbons (Fsp3) is 0.211. The van der Waals surface area contributed by atoms with E-state index in [1.54, 1.807) is 6.92 Å². The lowest BCUT2D eigenvalue weighted by molar-refractivity contribution is -0.274. The number of carbonyl (C=O) groups excluding carboxylic acids is 1. The van der Waals surface area contributed by atoms with E-state index in [1.165, 1.54) is 28.8 Å². The molecule has 1 atom stereocenters. The summed E-state index contributed by atoms with van der Waals surface area (Å²) in [6.07, 6.45) is -4.74. The van der Waals surface area contributed by atoms with Crippen molar-refractivity contribution >= 4 is 56.6 Å². The summed E-state index contributed by atoms with van der Waals surface area (Å²) in [6.45, 7) is 1.62. The van der Waals surface area contributed by atoms with Crippen LogP contribution >= 0.6 is 34.5 Å². The third-order valence-corrected chi connectivity index (χ3v) is 5.58. The topological polar surface area (TPSA) is 80.9 Å². The van der Waals surface area contributed by atoms with Crippen molar-refractivity contribution in [2.75, 3.05) is 0 Å². The molecule has 0 aliphatic rings. The minimum absolute atomic E-state index is 0.00509. The van der Waals surface area contributed by atoms with Crippen LogP contribution in [0.3, 0.4) is 0 Å². The van der Waals surface area contributed by atoms with Crippen molar-refractivity contribution in [2.24, 2.45) is 4.99 Å². The molecule has 0 aliphatic carbocycles. The van der Waals surface area contributed by atoms with Crippen molar-refractivity contribution in [1.82, 2.24) is 4.57 Å². The van der Waals surface area contributed by atoms with E-state index in [0.717, 1.165) is 23.5 Å². The summed E-state index contributed by atoms with van der Waals surface area (Å²) in [5.41, 5.74) is 0.371. The normalized spacial score (nSPS) is 13.4. The monoisotopic (exact) mass is 492 g/mol. The van der Waals surface area contributed by atoms with Gasteiger partial charge >= 0.3 is 12.3 Å². The molecule has 1 amide bonds. The Morgan fingerprint density at radius 1 is 1.19 bits per heavy atom. The third kappa shape index (κ3) is 5.38. The van der Waals surface area contributed by atoms with E-state index in [0.29, 0.717) is 5.52 Å². The van der Waals surface area contributed by atoms with Gasteiger partial charge in [0.25, 0.3) is 5.91 Å². The average molecular weight is 493 g/mol. The highest BCUT2D eigenvalue weighted by atomic mass is 35.5. The number of aliphatic carboxylic acids is 1. The molecule has 0 radical (unpaired) electrons. The molecule has 1 aromatic heterocycles. The Labute approximate surface area is 187 Å². The molecule has 0 saturated carbocycles. The number of aromatic nitrogens is 1. The maximum Gasteiger partial charge on any atom is 0.573 e. The van der Waals surface area contributed by atoms with Crippen LogP contribution in [0, 0.1) is 0 Å². The molecule has 164 valence electrons. The van der Waals surface area contributed by atoms with E-state index < -0.39 is 30.0 Å². The zero-order chi connectivity index (χ0) is 22.9. The highest BCUT2D eigenvalue weighted by Gasteiger charge is 2.31. The number of halogens is 5. The molecule has 0 spiro atoms. The van der Waals surface area contributed by atoms with Gasteiger partial charge in [-0.2, -0.15) is 4.99 Å². The van der Waals surface area contributed by atoms with Gasteiger partial charge in [0, 0.05) is 15.6 Å². The second kappa shape index (κ2) is 8.89. The fourth-order valence-corrected chi connectivity index (χ4v) is 4.52. The first kappa shape index (κ1) is 23.1. The van der Waals surface area contributed by atoms with Crippen LogP contribution < -0.4 is 9.54 Å². The molecule has 6 nitrogen and oxygen atoms in total. The van der Waals surface area contributed by atoms with Crippen LogP contribution in [0.1, 0.15) is 29.7 Å². The number of nitrogens with zero attached hydrogens (tertiary/aromatic N) is 2. The number of carboxylic acids is 1. The summed E-state index contributed by atoms with van der Waals surface area (Å²) < 4.78 is 43.1. The van der Waals surface area contributed by atoms with Crippen molar-refractivity contribution in [1.29, 1.82) is 0 Å². The number of hydrogen-bond acceptors (Lipinski definition) is 4. The van der Waals surface area contributed by atoms with Crippen LogP contribution in [0.4, 0.5) is 13.2 Å². The van der Waals surface area contributed by atoms with Gasteiger partial charge in [-0.3, -0.25) is 4.79 Å². The lowest BCUT2D eigenvalue weighted by atomic mass is 10.2. The first-order valence-corrected chi connectivity index (χ1v) is 10.2. The quantitative estimate of drug-likeness (QED) is 0.496. The Morgan fingerprint density at radius 3 is 2.39 bits per heavy atom. The van der Waals surface area contributed by atoms with Crippen LogP contribution in [0.2, 0.25) is 10.0 Å². The minimum Gasteiger partial charge on any atom is -0.480 e. The van der Waals surface area contributed by atoms with Crippen LogP contribution in [0.15, 0.2) is 41.4 Å². The number of fused-ring (bicyclic) bond motifs is 1. The number of hydrogen-bond donors (Lipinski definition) is 1. The number of carboxylic acid groups (broad SMARTS) is 1. The van der Waals surface area contributed by atoms with Crippen molar-refractivity contribution in [2.45, 2.75) is 25.7 Å². The van der Waals surface area contributed by atoms with Gasteiger partial charge in [0.15, 0.2) is 4.80 Å². The number of carbonyl (C=O) groups is 2. The van der Waals surface area contributed by atoms with Crippen LogP contribution in [0.25, 0.3) is 10.2 Å². The number of amides is 1. The van der Waals surface area contributed by atoms with E-state index in [9.17, 15) is 27.9 Å². The van der Waals surface area contributed by atoms with Gasteiger partial charge in [0.2, 0.25) is 0 Å². The summed E-state index contributed by atoms with van der Waals surface area (Å²) in [5, 5.41) is 10.0. The first-order chi connectivity index (χ1) is 14.5. The highest BCUT2D eigenvalue weighted by Crippen LogP contribution is 2.30. The van der Waals surface area contributed by atoms with Crippen molar-refractivity contribution in [3.63, 3.8) is 0 Å². The van der Waals surface area contributed by atoms with Gasteiger partial charge < -0.3 is 14.4 Å². The molecule has 0 bridgehead atoms. The SMILES string of the molecule is CCC(C(=O)O)n1/c(=N/C(=O)c2cc(Cl)cc(Cl)c2)sc2cc(OC(F)(F)F)ccc21. The Bertz CT molecular complexity index is 1220. The molecule has 2 aromatic carbocycles. The van der Waals surface area contributed by atoms with E-state index in [4.69, 9.17) is 23.2 Å². The summed E-state index contributed by atoms with van der Waals surface area (Å²) in [6, 6.07) is 6.49. The summed E-state index contributed by atoms with van der Waals surface area (Å²) in [4.78, 5) is 28.4. The van der Waals surface area contributed by atoms with Gasteiger partial charge in [-0.1, -0.05) is 41.5 Å². The molecule has 0 aliphatic heterocycles. The van der Waals surface area contributed by atoms with Crippen LogP contribution in [-0.4, -0.2) is 27.9 Å². The highest BCUT2D eigenvalue weighted by molar-refractivity contribution is 7.16. The summed E-state index contributed by atoms with van der Waals surface area (Å²) in [7, 11) is 0. The lowest BCUT2D eigenvalue weighted by Gasteiger charge is -2.14. The molecule has 12 heteroatoms. The van der Waals surface area contributed by atoms with Crippen LogP contribution in [0.5, 0.6) is 5.75 Å². The van der Waals surface area contributed by atoms with Gasteiger partial charge in [-0.15, -0.1) is 13.2 Å². The molecule has 1 heterocycles. The molecular weight excluding hydrogens is 480 g/mol. The number of thiazole rings is 1. The standard InChI is InChI=1S/C19H13Cl2F3N2O4S/c1-2-13(17(28)29)26-14-4-3-12(30-19(22,23)24)8-15(14)31-18(26)25-16(27)9-5-10(20)7-11(21)6-9/h3-8,13H,2H2,1H3,(H,28,29)/b25-18-. The molecule has 31 heavy (non-hydrogen) atoms. The third-order valence-electron chi connectivity index (χ3n) is 4.12. The summed E-state index contributed by atoms with van der Waals surface area (Å²) in [5.74, 6) is -2.40. The van der Waals surface area contributed by atoms with Crippen molar-refractivity contribution in [3.8, 4) is 5.75 Å². The van der Waals surface area contributed by atoms with Gasteiger partial charge in [-0.05, 0) is 42.8 Å². The minimum atomic E-state index is -4.89. The second-order valence-electron chi connectivity index (χ2n) is 6.27. The molecule has 0 fully saturated rings. The molecule has 1 N–H and O–H groups in total. The van der Waals surface area contributed by atoms with Gasteiger partial charge in [0.1, 0.15) is 11.8 Å².